The molecule has 5 heteroatoms. The van der Waals surface area contributed by atoms with E-state index in [9.17, 15) is 9.59 Å². The Morgan fingerprint density at radius 3 is 2.24 bits per heavy atom. The monoisotopic (exact) mass is 306 g/mol. The second-order valence-corrected chi connectivity index (χ2v) is 6.39. The number of hydrogen-bond acceptors (Lipinski definition) is 4. The fourth-order valence-corrected chi connectivity index (χ4v) is 2.38. The van der Waals surface area contributed by atoms with Crippen molar-refractivity contribution in [2.75, 3.05) is 13.7 Å². The van der Waals surface area contributed by atoms with E-state index in [2.05, 4.69) is 27.2 Å². The van der Waals surface area contributed by atoms with Crippen molar-refractivity contribution in [1.29, 1.82) is 0 Å². The molecule has 0 aliphatic heterocycles. The summed E-state index contributed by atoms with van der Waals surface area (Å²) in [7, 11) is 1.31. The predicted molar refractivity (Wildman–Crippen MR) is 68.9 cm³/mol. The zero-order valence-corrected chi connectivity index (χ0v) is 12.3. The van der Waals surface area contributed by atoms with Gasteiger partial charge in [0.2, 0.25) is 0 Å². The molecule has 0 aromatic rings. The van der Waals surface area contributed by atoms with E-state index in [1.165, 1.54) is 13.2 Å². The Morgan fingerprint density at radius 1 is 1.29 bits per heavy atom. The predicted octanol–water partition coefficient (Wildman–Crippen LogP) is 2.46. The number of rotatable bonds is 6. The maximum atomic E-state index is 11.8. The van der Waals surface area contributed by atoms with E-state index in [-0.39, 0.29) is 19.0 Å². The SMILES string of the molecule is C=CCOC(=O)C(C)(C)CC(C)(Br)C(=O)OC. The Bertz CT molecular complexity index is 308. The molecule has 17 heavy (non-hydrogen) atoms. The third-order valence-electron chi connectivity index (χ3n) is 2.27. The average molecular weight is 307 g/mol. The minimum absolute atomic E-state index is 0.166. The number of ether oxygens (including phenoxy) is 2. The maximum Gasteiger partial charge on any atom is 0.322 e. The van der Waals surface area contributed by atoms with Crippen LogP contribution in [0.5, 0.6) is 0 Å². The average Bonchev–Trinajstić information content (AvgIpc) is 2.22. The zero-order valence-electron chi connectivity index (χ0n) is 10.7. The van der Waals surface area contributed by atoms with Crippen molar-refractivity contribution < 1.29 is 19.1 Å². The van der Waals surface area contributed by atoms with Crippen LogP contribution in [-0.4, -0.2) is 30.0 Å². The molecule has 0 amide bonds. The molecule has 0 aromatic carbocycles. The first kappa shape index (κ1) is 16.2. The number of alkyl halides is 1. The van der Waals surface area contributed by atoms with E-state index in [1.807, 2.05) is 0 Å². The molecular formula is C12H19BrO4. The third kappa shape index (κ3) is 4.89. The van der Waals surface area contributed by atoms with E-state index in [4.69, 9.17) is 4.74 Å². The van der Waals surface area contributed by atoms with Gasteiger partial charge in [0.1, 0.15) is 10.9 Å². The van der Waals surface area contributed by atoms with Crippen LogP contribution in [0.3, 0.4) is 0 Å². The lowest BCUT2D eigenvalue weighted by Crippen LogP contribution is -2.39. The summed E-state index contributed by atoms with van der Waals surface area (Å²) in [5.74, 6) is -0.783. The van der Waals surface area contributed by atoms with Gasteiger partial charge in [-0.2, -0.15) is 0 Å². The molecule has 4 nitrogen and oxygen atoms in total. The molecule has 98 valence electrons. The first-order chi connectivity index (χ1) is 7.67. The molecule has 1 atom stereocenters. The van der Waals surface area contributed by atoms with E-state index in [0.717, 1.165) is 0 Å². The minimum Gasteiger partial charge on any atom is -0.468 e. The van der Waals surface area contributed by atoms with Crippen molar-refractivity contribution in [3.63, 3.8) is 0 Å². The first-order valence-corrected chi connectivity index (χ1v) is 6.02. The Morgan fingerprint density at radius 2 is 1.82 bits per heavy atom. The Balaban J connectivity index is 4.67. The lowest BCUT2D eigenvalue weighted by molar-refractivity contribution is -0.154. The van der Waals surface area contributed by atoms with E-state index in [0.29, 0.717) is 0 Å². The van der Waals surface area contributed by atoms with Gasteiger partial charge >= 0.3 is 11.9 Å². The van der Waals surface area contributed by atoms with Crippen LogP contribution >= 0.6 is 15.9 Å². The number of halogens is 1. The Labute approximate surface area is 110 Å². The Kier molecular flexibility index (Phi) is 5.88. The van der Waals surface area contributed by atoms with Crippen LogP contribution in [0.1, 0.15) is 27.2 Å². The van der Waals surface area contributed by atoms with Crippen LogP contribution < -0.4 is 0 Å². The van der Waals surface area contributed by atoms with Gasteiger partial charge in [0.15, 0.2) is 0 Å². The van der Waals surface area contributed by atoms with Gasteiger partial charge in [-0.15, -0.1) is 0 Å². The maximum absolute atomic E-state index is 11.8. The van der Waals surface area contributed by atoms with Gasteiger partial charge in [-0.1, -0.05) is 28.6 Å². The molecule has 0 radical (unpaired) electrons. The van der Waals surface area contributed by atoms with Gasteiger partial charge in [0.25, 0.3) is 0 Å². The minimum atomic E-state index is -0.904. The highest BCUT2D eigenvalue weighted by atomic mass is 79.9. The highest BCUT2D eigenvalue weighted by Crippen LogP contribution is 2.35. The summed E-state index contributed by atoms with van der Waals surface area (Å²) in [5.41, 5.74) is -0.782. The highest BCUT2D eigenvalue weighted by molar-refractivity contribution is 9.10. The van der Waals surface area contributed by atoms with Crippen LogP contribution in [0.4, 0.5) is 0 Å². The largest absolute Gasteiger partial charge is 0.468 e. The standard InChI is InChI=1S/C12H19BrO4/c1-6-7-17-9(14)11(2,3)8-12(4,13)10(15)16-5/h6H,1,7-8H2,2-5H3. The molecular weight excluding hydrogens is 288 g/mol. The van der Waals surface area contributed by atoms with Crippen LogP contribution in [0.2, 0.25) is 0 Å². The molecule has 1 unspecified atom stereocenters. The summed E-state index contributed by atoms with van der Waals surface area (Å²) < 4.78 is 8.75. The van der Waals surface area contributed by atoms with Crippen LogP contribution in [-0.2, 0) is 19.1 Å². The molecule has 0 aliphatic rings. The van der Waals surface area contributed by atoms with Crippen molar-refractivity contribution in [2.45, 2.75) is 31.5 Å². The smallest absolute Gasteiger partial charge is 0.322 e. The number of carbonyl (C=O) groups is 2. The second kappa shape index (κ2) is 6.19. The van der Waals surface area contributed by atoms with Crippen LogP contribution in [0.15, 0.2) is 12.7 Å². The van der Waals surface area contributed by atoms with Gasteiger partial charge in [-0.25, -0.2) is 0 Å². The molecule has 0 saturated heterocycles. The topological polar surface area (TPSA) is 52.6 Å². The fourth-order valence-electron chi connectivity index (χ4n) is 1.52. The van der Waals surface area contributed by atoms with Crippen molar-refractivity contribution in [3.8, 4) is 0 Å². The number of methoxy groups -OCH3 is 1. The van der Waals surface area contributed by atoms with Crippen molar-refractivity contribution >= 4 is 27.9 Å². The summed E-state index contributed by atoms with van der Waals surface area (Å²) in [6, 6.07) is 0. The molecule has 0 heterocycles. The number of hydrogen-bond donors (Lipinski definition) is 0. The normalized spacial score (nSPS) is 14.6. The Hall–Kier alpha value is -0.840. The first-order valence-electron chi connectivity index (χ1n) is 5.23. The summed E-state index contributed by atoms with van der Waals surface area (Å²) in [6.45, 7) is 8.75. The molecule has 0 N–H and O–H groups in total. The van der Waals surface area contributed by atoms with E-state index >= 15 is 0 Å². The lowest BCUT2D eigenvalue weighted by Gasteiger charge is -2.29. The molecule has 0 aliphatic carbocycles. The quantitative estimate of drug-likeness (QED) is 0.430. The van der Waals surface area contributed by atoms with Gasteiger partial charge in [0, 0.05) is 0 Å². The fraction of sp³-hybridized carbons (Fsp3) is 0.667. The third-order valence-corrected chi connectivity index (χ3v) is 2.87. The summed E-state index contributed by atoms with van der Waals surface area (Å²) in [4.78, 5) is 23.3. The van der Waals surface area contributed by atoms with Gasteiger partial charge in [-0.3, -0.25) is 9.59 Å². The number of carbonyl (C=O) groups excluding carboxylic acids is 2. The van der Waals surface area contributed by atoms with Gasteiger partial charge < -0.3 is 9.47 Å². The summed E-state index contributed by atoms with van der Waals surface area (Å²) >= 11 is 3.28. The molecule has 0 bridgehead atoms. The van der Waals surface area contributed by atoms with Gasteiger partial charge in [0.05, 0.1) is 12.5 Å². The van der Waals surface area contributed by atoms with E-state index in [1.54, 1.807) is 20.8 Å². The van der Waals surface area contributed by atoms with Crippen molar-refractivity contribution in [1.82, 2.24) is 0 Å². The van der Waals surface area contributed by atoms with Gasteiger partial charge in [-0.05, 0) is 27.2 Å². The molecule has 0 fully saturated rings. The molecule has 0 rings (SSSR count). The van der Waals surface area contributed by atoms with Crippen LogP contribution in [0.25, 0.3) is 0 Å². The molecule has 0 aromatic heterocycles. The van der Waals surface area contributed by atoms with Crippen molar-refractivity contribution in [2.24, 2.45) is 5.41 Å². The molecule has 0 spiro atoms. The molecule has 0 saturated carbocycles. The van der Waals surface area contributed by atoms with Crippen molar-refractivity contribution in [3.05, 3.63) is 12.7 Å². The lowest BCUT2D eigenvalue weighted by atomic mass is 9.83. The summed E-state index contributed by atoms with van der Waals surface area (Å²) in [5, 5.41) is 0. The van der Waals surface area contributed by atoms with Crippen LogP contribution in [0, 0.1) is 5.41 Å². The number of esters is 2. The summed E-state index contributed by atoms with van der Waals surface area (Å²) in [6.07, 6.45) is 1.78. The van der Waals surface area contributed by atoms with E-state index < -0.39 is 15.7 Å². The second-order valence-electron chi connectivity index (χ2n) is 4.64. The zero-order chi connectivity index (χ0) is 13.7. The highest BCUT2D eigenvalue weighted by Gasteiger charge is 2.42.